The van der Waals surface area contributed by atoms with Gasteiger partial charge < -0.3 is 4.90 Å². The third-order valence-corrected chi connectivity index (χ3v) is 5.13. The number of aryl methyl sites for hydroxylation is 1. The predicted octanol–water partition coefficient (Wildman–Crippen LogP) is 3.02. The number of nitrogens with zero attached hydrogens (tertiary/aromatic N) is 2. The molecule has 0 aliphatic carbocycles. The molecule has 6 heteroatoms. The Hall–Kier alpha value is -2.47. The van der Waals surface area contributed by atoms with Gasteiger partial charge in [-0.2, -0.15) is 0 Å². The molecule has 0 unspecified atom stereocenters. The fourth-order valence-electron chi connectivity index (χ4n) is 3.42. The third kappa shape index (κ3) is 2.66. The van der Waals surface area contributed by atoms with Gasteiger partial charge in [0.2, 0.25) is 5.91 Å². The van der Waals surface area contributed by atoms with Crippen LogP contribution in [0.4, 0.5) is 5.69 Å². The second-order valence-electron chi connectivity index (χ2n) is 6.16. The molecule has 0 bridgehead atoms. The Balaban J connectivity index is 1.59. The molecule has 2 aliphatic heterocycles. The number of hydrogen-bond acceptors (Lipinski definition) is 3. The van der Waals surface area contributed by atoms with Crippen LogP contribution in [0, 0.1) is 0 Å². The first-order valence-corrected chi connectivity index (χ1v) is 8.89. The van der Waals surface area contributed by atoms with Gasteiger partial charge in [-0.3, -0.25) is 19.3 Å². The molecule has 0 N–H and O–H groups in total. The van der Waals surface area contributed by atoms with Gasteiger partial charge in [-0.05, 0) is 42.7 Å². The molecule has 3 amide bonds. The molecule has 5 nitrogen and oxygen atoms in total. The molecular weight excluding hydrogens is 384 g/mol. The molecule has 2 aromatic rings. The van der Waals surface area contributed by atoms with Crippen LogP contribution in [0.25, 0.3) is 0 Å². The molecule has 0 saturated carbocycles. The molecule has 0 atom stereocenters. The van der Waals surface area contributed by atoms with Crippen LogP contribution in [0.5, 0.6) is 0 Å². The van der Waals surface area contributed by atoms with Crippen LogP contribution in [0.2, 0.25) is 0 Å². The quantitative estimate of drug-likeness (QED) is 0.730. The van der Waals surface area contributed by atoms with Crippen LogP contribution in [-0.2, 0) is 11.2 Å². The Labute approximate surface area is 153 Å². The summed E-state index contributed by atoms with van der Waals surface area (Å²) in [7, 11) is 0. The highest BCUT2D eigenvalue weighted by Gasteiger charge is 2.38. The lowest BCUT2D eigenvalue weighted by Crippen LogP contribution is -2.44. The van der Waals surface area contributed by atoms with Crippen molar-refractivity contribution in [1.82, 2.24) is 4.90 Å². The summed E-state index contributed by atoms with van der Waals surface area (Å²) >= 11 is 3.31. The minimum Gasteiger partial charge on any atom is -0.311 e. The lowest BCUT2D eigenvalue weighted by atomic mass is 10.0. The molecule has 0 spiro atoms. The van der Waals surface area contributed by atoms with E-state index < -0.39 is 11.8 Å². The molecule has 4 rings (SSSR count). The number of anilines is 1. The van der Waals surface area contributed by atoms with Gasteiger partial charge in [-0.25, -0.2) is 0 Å². The van der Waals surface area contributed by atoms with E-state index >= 15 is 0 Å². The average molecular weight is 399 g/mol. The summed E-state index contributed by atoms with van der Waals surface area (Å²) in [6, 6.07) is 12.7. The molecule has 0 aromatic heterocycles. The minimum atomic E-state index is -0.417. The van der Waals surface area contributed by atoms with Crippen LogP contribution >= 0.6 is 15.9 Å². The Morgan fingerprint density at radius 1 is 1.04 bits per heavy atom. The van der Waals surface area contributed by atoms with Crippen molar-refractivity contribution in [2.45, 2.75) is 12.8 Å². The maximum atomic E-state index is 12.8. The van der Waals surface area contributed by atoms with E-state index in [1.807, 2.05) is 24.3 Å². The van der Waals surface area contributed by atoms with Crippen LogP contribution < -0.4 is 4.90 Å². The van der Waals surface area contributed by atoms with Crippen LogP contribution in [0.3, 0.4) is 0 Å². The first-order chi connectivity index (χ1) is 12.1. The zero-order valence-electron chi connectivity index (χ0n) is 13.4. The molecule has 0 radical (unpaired) electrons. The van der Waals surface area contributed by atoms with E-state index in [2.05, 4.69) is 15.9 Å². The topological polar surface area (TPSA) is 57.7 Å². The standard InChI is InChI=1S/C19H15BrN2O3/c20-13-7-8-14-15(10-13)19(25)22(18(14)24)11-17(23)21-9-3-5-12-4-1-2-6-16(12)21/h1-2,4,6-8,10H,3,5,9,11H2. The van der Waals surface area contributed by atoms with E-state index in [1.165, 1.54) is 0 Å². The Kier molecular flexibility index (Phi) is 3.92. The number of para-hydroxylation sites is 1. The largest absolute Gasteiger partial charge is 0.311 e. The molecule has 0 saturated heterocycles. The number of halogens is 1. The number of hydrogen-bond donors (Lipinski definition) is 0. The van der Waals surface area contributed by atoms with Crippen molar-refractivity contribution in [3.8, 4) is 0 Å². The molecular formula is C19H15BrN2O3. The number of rotatable bonds is 2. The second-order valence-corrected chi connectivity index (χ2v) is 7.08. The first kappa shape index (κ1) is 16.0. The smallest absolute Gasteiger partial charge is 0.262 e. The van der Waals surface area contributed by atoms with Crippen molar-refractivity contribution in [2.75, 3.05) is 18.0 Å². The van der Waals surface area contributed by atoms with E-state index in [4.69, 9.17) is 0 Å². The molecule has 126 valence electrons. The fourth-order valence-corrected chi connectivity index (χ4v) is 3.78. The zero-order valence-corrected chi connectivity index (χ0v) is 15.0. The van der Waals surface area contributed by atoms with Crippen molar-refractivity contribution in [3.05, 3.63) is 63.6 Å². The van der Waals surface area contributed by atoms with Gasteiger partial charge in [0.15, 0.2) is 0 Å². The van der Waals surface area contributed by atoms with E-state index in [0.717, 1.165) is 33.5 Å². The zero-order chi connectivity index (χ0) is 17.6. The fraction of sp³-hybridized carbons (Fsp3) is 0.211. The van der Waals surface area contributed by atoms with Gasteiger partial charge in [0, 0.05) is 16.7 Å². The van der Waals surface area contributed by atoms with Crippen molar-refractivity contribution in [3.63, 3.8) is 0 Å². The Morgan fingerprint density at radius 2 is 1.80 bits per heavy atom. The highest BCUT2D eigenvalue weighted by Crippen LogP contribution is 2.29. The second kappa shape index (κ2) is 6.11. The Morgan fingerprint density at radius 3 is 2.64 bits per heavy atom. The number of carbonyl (C=O) groups excluding carboxylic acids is 3. The number of benzene rings is 2. The van der Waals surface area contributed by atoms with E-state index in [9.17, 15) is 14.4 Å². The highest BCUT2D eigenvalue weighted by atomic mass is 79.9. The van der Waals surface area contributed by atoms with E-state index in [-0.39, 0.29) is 12.5 Å². The third-order valence-electron chi connectivity index (χ3n) is 4.64. The molecule has 0 fully saturated rings. The summed E-state index contributed by atoms with van der Waals surface area (Å²) in [6.45, 7) is 0.364. The molecule has 25 heavy (non-hydrogen) atoms. The van der Waals surface area contributed by atoms with Gasteiger partial charge in [0.05, 0.1) is 11.1 Å². The van der Waals surface area contributed by atoms with Gasteiger partial charge in [0.1, 0.15) is 6.54 Å². The van der Waals surface area contributed by atoms with Crippen LogP contribution in [0.15, 0.2) is 46.9 Å². The number of fused-ring (bicyclic) bond motifs is 2. The Bertz CT molecular complexity index is 909. The molecule has 2 aliphatic rings. The lowest BCUT2D eigenvalue weighted by molar-refractivity contribution is -0.119. The maximum Gasteiger partial charge on any atom is 0.262 e. The average Bonchev–Trinajstić information content (AvgIpc) is 2.85. The monoisotopic (exact) mass is 398 g/mol. The number of carbonyl (C=O) groups is 3. The maximum absolute atomic E-state index is 12.8. The van der Waals surface area contributed by atoms with Crippen LogP contribution in [0.1, 0.15) is 32.7 Å². The van der Waals surface area contributed by atoms with Crippen molar-refractivity contribution in [2.24, 2.45) is 0 Å². The summed E-state index contributed by atoms with van der Waals surface area (Å²) in [6.07, 6.45) is 1.80. The van der Waals surface area contributed by atoms with Crippen molar-refractivity contribution < 1.29 is 14.4 Å². The number of imide groups is 1. The predicted molar refractivity (Wildman–Crippen MR) is 96.6 cm³/mol. The summed E-state index contributed by atoms with van der Waals surface area (Å²) < 4.78 is 0.727. The van der Waals surface area contributed by atoms with Gasteiger partial charge in [0.25, 0.3) is 11.8 Å². The van der Waals surface area contributed by atoms with Crippen molar-refractivity contribution >= 4 is 39.3 Å². The summed E-state index contributed by atoms with van der Waals surface area (Å²) in [5, 5.41) is 0. The summed E-state index contributed by atoms with van der Waals surface area (Å²) in [4.78, 5) is 40.6. The SMILES string of the molecule is O=C1c2ccc(Br)cc2C(=O)N1CC(=O)N1CCCc2ccccc21. The van der Waals surface area contributed by atoms with Crippen LogP contribution in [-0.4, -0.2) is 35.7 Å². The van der Waals surface area contributed by atoms with Gasteiger partial charge in [-0.1, -0.05) is 34.1 Å². The normalized spacial score (nSPS) is 16.0. The molecule has 2 aromatic carbocycles. The minimum absolute atomic E-state index is 0.235. The highest BCUT2D eigenvalue weighted by molar-refractivity contribution is 9.10. The van der Waals surface area contributed by atoms with Crippen molar-refractivity contribution in [1.29, 1.82) is 0 Å². The van der Waals surface area contributed by atoms with Gasteiger partial charge in [-0.15, -0.1) is 0 Å². The summed E-state index contributed by atoms with van der Waals surface area (Å²) in [5.74, 6) is -1.06. The first-order valence-electron chi connectivity index (χ1n) is 8.10. The van der Waals surface area contributed by atoms with Gasteiger partial charge >= 0.3 is 0 Å². The van der Waals surface area contributed by atoms with E-state index in [0.29, 0.717) is 17.7 Å². The molecule has 2 heterocycles. The summed E-state index contributed by atoms with van der Waals surface area (Å²) in [5.41, 5.74) is 2.68. The van der Waals surface area contributed by atoms with E-state index in [1.54, 1.807) is 23.1 Å². The lowest BCUT2D eigenvalue weighted by Gasteiger charge is -2.30. The number of amides is 3.